The number of likely N-dealkylation sites (N-methyl/N-ethyl adjacent to an activating group) is 1. The van der Waals surface area contributed by atoms with E-state index in [0.29, 0.717) is 0 Å². The molecule has 15 heavy (non-hydrogen) atoms. The molecular weight excluding hydrogens is 192 g/mol. The Balaban J connectivity index is 1.93. The van der Waals surface area contributed by atoms with Gasteiger partial charge < -0.3 is 14.5 Å². The van der Waals surface area contributed by atoms with Crippen molar-refractivity contribution in [3.63, 3.8) is 0 Å². The van der Waals surface area contributed by atoms with Gasteiger partial charge in [0.1, 0.15) is 6.10 Å². The summed E-state index contributed by atoms with van der Waals surface area (Å²) in [5.41, 5.74) is 0. The molecule has 1 fully saturated rings. The molecule has 0 saturated carbocycles. The molecule has 0 bridgehead atoms. The Morgan fingerprint density at radius 3 is 3.20 bits per heavy atom. The topological polar surface area (TPSA) is 47.3 Å². The van der Waals surface area contributed by atoms with Gasteiger partial charge in [-0.3, -0.25) is 0 Å². The van der Waals surface area contributed by atoms with E-state index in [1.54, 1.807) is 6.20 Å². The number of rotatable bonds is 4. The highest BCUT2D eigenvalue weighted by Crippen LogP contribution is 2.28. The predicted molar refractivity (Wildman–Crippen MR) is 56.7 cm³/mol. The van der Waals surface area contributed by atoms with Crippen LogP contribution in [0.5, 0.6) is 0 Å². The summed E-state index contributed by atoms with van der Waals surface area (Å²) in [6.07, 6.45) is 6.22. The predicted octanol–water partition coefficient (Wildman–Crippen LogP) is 1.68. The van der Waals surface area contributed by atoms with Gasteiger partial charge in [0.15, 0.2) is 11.7 Å². The molecule has 84 valence electrons. The van der Waals surface area contributed by atoms with E-state index < -0.39 is 0 Å². The second kappa shape index (κ2) is 5.28. The third-order valence-corrected chi connectivity index (χ3v) is 2.66. The summed E-state index contributed by atoms with van der Waals surface area (Å²) in [5.74, 6) is 1.69. The standard InChI is InChI=1S/C11H18N2O2/c1-12-6-5-11-13-8-10(15-11)9-4-2-3-7-14-9/h8-9,12H,2-7H2,1H3. The monoisotopic (exact) mass is 210 g/mol. The number of oxazole rings is 1. The van der Waals surface area contributed by atoms with Crippen LogP contribution in [-0.2, 0) is 11.2 Å². The van der Waals surface area contributed by atoms with Crippen LogP contribution >= 0.6 is 0 Å². The molecule has 0 aliphatic carbocycles. The van der Waals surface area contributed by atoms with E-state index in [4.69, 9.17) is 9.15 Å². The van der Waals surface area contributed by atoms with Gasteiger partial charge in [-0.25, -0.2) is 4.98 Å². The van der Waals surface area contributed by atoms with Crippen LogP contribution < -0.4 is 5.32 Å². The Labute approximate surface area is 90.0 Å². The van der Waals surface area contributed by atoms with Gasteiger partial charge in [-0.2, -0.15) is 0 Å². The molecule has 4 heteroatoms. The molecular formula is C11H18N2O2. The zero-order valence-corrected chi connectivity index (χ0v) is 9.16. The Morgan fingerprint density at radius 2 is 2.47 bits per heavy atom. The Kier molecular flexibility index (Phi) is 3.75. The SMILES string of the molecule is CNCCc1ncc(C2CCCCO2)o1. The highest BCUT2D eigenvalue weighted by Gasteiger charge is 2.19. The van der Waals surface area contributed by atoms with Gasteiger partial charge in [0.2, 0.25) is 0 Å². The van der Waals surface area contributed by atoms with Crippen LogP contribution in [0.1, 0.15) is 37.0 Å². The molecule has 1 aromatic rings. The van der Waals surface area contributed by atoms with E-state index >= 15 is 0 Å². The van der Waals surface area contributed by atoms with Gasteiger partial charge in [-0.05, 0) is 26.3 Å². The normalized spacial score (nSPS) is 21.8. The molecule has 1 aliphatic rings. The van der Waals surface area contributed by atoms with Crippen molar-refractivity contribution in [1.82, 2.24) is 10.3 Å². The Morgan fingerprint density at radius 1 is 1.53 bits per heavy atom. The summed E-state index contributed by atoms with van der Waals surface area (Å²) < 4.78 is 11.3. The lowest BCUT2D eigenvalue weighted by Crippen LogP contribution is -2.11. The third kappa shape index (κ3) is 2.79. The first kappa shape index (κ1) is 10.6. The van der Waals surface area contributed by atoms with Gasteiger partial charge in [0, 0.05) is 19.6 Å². The average Bonchev–Trinajstić information content (AvgIpc) is 2.76. The number of nitrogens with zero attached hydrogens (tertiary/aromatic N) is 1. The number of ether oxygens (including phenoxy) is 1. The molecule has 0 radical (unpaired) electrons. The van der Waals surface area contributed by atoms with E-state index in [-0.39, 0.29) is 6.10 Å². The van der Waals surface area contributed by atoms with Crippen LogP contribution in [0.3, 0.4) is 0 Å². The van der Waals surface area contributed by atoms with Crippen LogP contribution in [0, 0.1) is 0 Å². The molecule has 1 unspecified atom stereocenters. The zero-order chi connectivity index (χ0) is 10.5. The van der Waals surface area contributed by atoms with E-state index in [1.165, 1.54) is 6.42 Å². The number of aromatic nitrogens is 1. The van der Waals surface area contributed by atoms with Gasteiger partial charge in [0.25, 0.3) is 0 Å². The minimum atomic E-state index is 0.134. The summed E-state index contributed by atoms with van der Waals surface area (Å²) in [7, 11) is 1.92. The Bertz CT molecular complexity index is 293. The van der Waals surface area contributed by atoms with Crippen LogP contribution in [0.2, 0.25) is 0 Å². The second-order valence-corrected chi connectivity index (χ2v) is 3.87. The third-order valence-electron chi connectivity index (χ3n) is 2.66. The van der Waals surface area contributed by atoms with Crippen molar-refractivity contribution < 1.29 is 9.15 Å². The molecule has 1 atom stereocenters. The zero-order valence-electron chi connectivity index (χ0n) is 9.16. The minimum Gasteiger partial charge on any atom is -0.443 e. The van der Waals surface area contributed by atoms with Crippen molar-refractivity contribution in [3.05, 3.63) is 17.8 Å². The minimum absolute atomic E-state index is 0.134. The first-order chi connectivity index (χ1) is 7.40. The van der Waals surface area contributed by atoms with Crippen molar-refractivity contribution in [2.45, 2.75) is 31.8 Å². The lowest BCUT2D eigenvalue weighted by atomic mass is 10.1. The molecule has 0 amide bonds. The van der Waals surface area contributed by atoms with Crippen molar-refractivity contribution in [3.8, 4) is 0 Å². The van der Waals surface area contributed by atoms with Crippen molar-refractivity contribution in [1.29, 1.82) is 0 Å². The highest BCUT2D eigenvalue weighted by molar-refractivity contribution is 4.99. The maximum atomic E-state index is 5.65. The van der Waals surface area contributed by atoms with Crippen LogP contribution in [0.4, 0.5) is 0 Å². The molecule has 0 spiro atoms. The molecule has 2 rings (SSSR count). The van der Waals surface area contributed by atoms with Crippen LogP contribution in [-0.4, -0.2) is 25.2 Å². The molecule has 1 N–H and O–H groups in total. The molecule has 1 aliphatic heterocycles. The number of nitrogens with one attached hydrogen (secondary N) is 1. The molecule has 1 saturated heterocycles. The lowest BCUT2D eigenvalue weighted by Gasteiger charge is -2.19. The summed E-state index contributed by atoms with van der Waals surface area (Å²) >= 11 is 0. The van der Waals surface area contributed by atoms with E-state index in [2.05, 4.69) is 10.3 Å². The molecule has 4 nitrogen and oxygen atoms in total. The van der Waals surface area contributed by atoms with Gasteiger partial charge in [0.05, 0.1) is 6.20 Å². The van der Waals surface area contributed by atoms with Gasteiger partial charge in [-0.15, -0.1) is 0 Å². The second-order valence-electron chi connectivity index (χ2n) is 3.87. The molecule has 1 aromatic heterocycles. The number of hydrogen-bond donors (Lipinski definition) is 1. The maximum absolute atomic E-state index is 5.65. The fraction of sp³-hybridized carbons (Fsp3) is 0.727. The number of hydrogen-bond acceptors (Lipinski definition) is 4. The summed E-state index contributed by atoms with van der Waals surface area (Å²) in [6.45, 7) is 1.74. The first-order valence-corrected chi connectivity index (χ1v) is 5.61. The van der Waals surface area contributed by atoms with Crippen LogP contribution in [0.25, 0.3) is 0 Å². The average molecular weight is 210 g/mol. The molecule has 2 heterocycles. The van der Waals surface area contributed by atoms with E-state index in [9.17, 15) is 0 Å². The highest BCUT2D eigenvalue weighted by atomic mass is 16.5. The van der Waals surface area contributed by atoms with Crippen molar-refractivity contribution in [2.24, 2.45) is 0 Å². The fourth-order valence-corrected chi connectivity index (χ4v) is 1.79. The van der Waals surface area contributed by atoms with Crippen molar-refractivity contribution >= 4 is 0 Å². The first-order valence-electron chi connectivity index (χ1n) is 5.61. The van der Waals surface area contributed by atoms with E-state index in [1.807, 2.05) is 7.05 Å². The Hall–Kier alpha value is -0.870. The fourth-order valence-electron chi connectivity index (χ4n) is 1.79. The van der Waals surface area contributed by atoms with Gasteiger partial charge >= 0.3 is 0 Å². The quantitative estimate of drug-likeness (QED) is 0.821. The van der Waals surface area contributed by atoms with E-state index in [0.717, 1.165) is 44.1 Å². The summed E-state index contributed by atoms with van der Waals surface area (Å²) in [5, 5.41) is 3.07. The summed E-state index contributed by atoms with van der Waals surface area (Å²) in [6, 6.07) is 0. The van der Waals surface area contributed by atoms with Crippen LogP contribution in [0.15, 0.2) is 10.6 Å². The van der Waals surface area contributed by atoms with Crippen molar-refractivity contribution in [2.75, 3.05) is 20.2 Å². The van der Waals surface area contributed by atoms with Gasteiger partial charge in [-0.1, -0.05) is 0 Å². The summed E-state index contributed by atoms with van der Waals surface area (Å²) in [4.78, 5) is 4.24. The lowest BCUT2D eigenvalue weighted by molar-refractivity contribution is 0.00129. The smallest absolute Gasteiger partial charge is 0.195 e. The maximum Gasteiger partial charge on any atom is 0.195 e. The largest absolute Gasteiger partial charge is 0.443 e. The molecule has 0 aromatic carbocycles.